The molecule has 0 bridgehead atoms. The Hall–Kier alpha value is -1.48. The van der Waals surface area contributed by atoms with E-state index in [1.54, 1.807) is 13.8 Å². The van der Waals surface area contributed by atoms with Crippen molar-refractivity contribution in [3.05, 3.63) is 35.9 Å². The van der Waals surface area contributed by atoms with Crippen molar-refractivity contribution in [2.45, 2.75) is 45.6 Å². The van der Waals surface area contributed by atoms with Gasteiger partial charge in [-0.3, -0.25) is 9.59 Å². The highest BCUT2D eigenvalue weighted by Gasteiger charge is 2.62. The molecule has 1 aromatic rings. The molecule has 1 aliphatic rings. The van der Waals surface area contributed by atoms with Gasteiger partial charge in [0.15, 0.2) is 0 Å². The second-order valence-electron chi connectivity index (χ2n) is 6.35. The van der Waals surface area contributed by atoms with Crippen LogP contribution in [-0.2, 0) is 9.59 Å². The van der Waals surface area contributed by atoms with E-state index in [1.807, 2.05) is 30.3 Å². The van der Waals surface area contributed by atoms with Crippen LogP contribution in [0.15, 0.2) is 30.3 Å². The van der Waals surface area contributed by atoms with Gasteiger partial charge < -0.3 is 5.11 Å². The lowest BCUT2D eigenvalue weighted by atomic mass is 9.70. The summed E-state index contributed by atoms with van der Waals surface area (Å²) in [4.78, 5) is 24.1. The first-order valence-electron chi connectivity index (χ1n) is 7.00. The van der Waals surface area contributed by atoms with Crippen molar-refractivity contribution < 1.29 is 14.7 Å². The molecule has 0 saturated heterocycles. The molecule has 1 aliphatic carbocycles. The lowest BCUT2D eigenvalue weighted by Crippen LogP contribution is -2.49. The molecule has 0 unspecified atom stereocenters. The number of ketones is 2. The third-order valence-electron chi connectivity index (χ3n) is 5.20. The third kappa shape index (κ3) is 2.01. The van der Waals surface area contributed by atoms with E-state index in [4.69, 9.17) is 0 Å². The van der Waals surface area contributed by atoms with Crippen molar-refractivity contribution in [2.75, 3.05) is 0 Å². The summed E-state index contributed by atoms with van der Waals surface area (Å²) in [7, 11) is 0. The first kappa shape index (κ1) is 14.9. The summed E-state index contributed by atoms with van der Waals surface area (Å²) in [5, 5.41) is 10.9. The average molecular weight is 274 g/mol. The minimum Gasteiger partial charge on any atom is -0.388 e. The molecule has 0 aliphatic heterocycles. The van der Waals surface area contributed by atoms with Crippen molar-refractivity contribution in [1.29, 1.82) is 0 Å². The molecule has 0 aromatic heterocycles. The van der Waals surface area contributed by atoms with E-state index in [1.165, 1.54) is 13.8 Å². The quantitative estimate of drug-likeness (QED) is 0.922. The van der Waals surface area contributed by atoms with Gasteiger partial charge in [-0.1, -0.05) is 30.3 Å². The zero-order chi connectivity index (χ0) is 15.1. The Balaban J connectivity index is 2.54. The molecule has 3 nitrogen and oxygen atoms in total. The fourth-order valence-corrected chi connectivity index (χ4v) is 3.69. The number of hydrogen-bond acceptors (Lipinski definition) is 3. The molecule has 0 amide bonds. The third-order valence-corrected chi connectivity index (χ3v) is 5.20. The molecular formula is C17H22O3. The molecule has 20 heavy (non-hydrogen) atoms. The molecule has 1 N–H and O–H groups in total. The average Bonchev–Trinajstić information content (AvgIpc) is 2.59. The van der Waals surface area contributed by atoms with Crippen molar-refractivity contribution in [1.82, 2.24) is 0 Å². The minimum absolute atomic E-state index is 0.0613. The highest BCUT2D eigenvalue weighted by Crippen LogP contribution is 2.57. The Bertz CT molecular complexity index is 532. The number of carbonyl (C=O) groups excluding carboxylic acids is 2. The fraction of sp³-hybridized carbons (Fsp3) is 0.529. The summed E-state index contributed by atoms with van der Waals surface area (Å²) in [6, 6.07) is 9.68. The maximum absolute atomic E-state index is 12.1. The highest BCUT2D eigenvalue weighted by atomic mass is 16.3. The number of rotatable bonds is 3. The van der Waals surface area contributed by atoms with Crippen LogP contribution in [0.4, 0.5) is 0 Å². The topological polar surface area (TPSA) is 54.4 Å². The van der Waals surface area contributed by atoms with Crippen molar-refractivity contribution >= 4 is 11.6 Å². The largest absolute Gasteiger partial charge is 0.388 e. The van der Waals surface area contributed by atoms with Crippen molar-refractivity contribution in [3.8, 4) is 0 Å². The monoisotopic (exact) mass is 274 g/mol. The standard InChI is InChI=1S/C17H22O3/c1-11(18)15-14(13-8-6-5-7-9-13)10-16(3,12(2)19)17(15,4)20/h5-9,14-15,20H,10H2,1-4H3/t14-,15-,16+,17-/m1/s1. The van der Waals surface area contributed by atoms with Crippen LogP contribution in [0.5, 0.6) is 0 Å². The van der Waals surface area contributed by atoms with Gasteiger partial charge in [0.2, 0.25) is 0 Å². The zero-order valence-electron chi connectivity index (χ0n) is 12.5. The highest BCUT2D eigenvalue weighted by molar-refractivity contribution is 5.89. The van der Waals surface area contributed by atoms with Crippen LogP contribution in [0.3, 0.4) is 0 Å². The van der Waals surface area contributed by atoms with E-state index in [0.717, 1.165) is 5.56 Å². The van der Waals surface area contributed by atoms with Gasteiger partial charge in [0.25, 0.3) is 0 Å². The predicted octanol–water partition coefficient (Wildman–Crippen LogP) is 2.73. The Labute approximate surface area is 120 Å². The summed E-state index contributed by atoms with van der Waals surface area (Å²) in [5.41, 5.74) is -1.19. The Kier molecular flexibility index (Phi) is 3.59. The lowest BCUT2D eigenvalue weighted by molar-refractivity contribution is -0.146. The van der Waals surface area contributed by atoms with Crippen LogP contribution in [0.25, 0.3) is 0 Å². The fourth-order valence-electron chi connectivity index (χ4n) is 3.69. The second kappa shape index (κ2) is 4.81. The van der Waals surface area contributed by atoms with E-state index >= 15 is 0 Å². The molecule has 108 valence electrons. The van der Waals surface area contributed by atoms with Crippen LogP contribution < -0.4 is 0 Å². The van der Waals surface area contributed by atoms with Gasteiger partial charge in [-0.25, -0.2) is 0 Å². The van der Waals surface area contributed by atoms with Crippen LogP contribution in [0, 0.1) is 11.3 Å². The number of carbonyl (C=O) groups is 2. The van der Waals surface area contributed by atoms with E-state index in [2.05, 4.69) is 0 Å². The molecule has 2 rings (SSSR count). The van der Waals surface area contributed by atoms with E-state index < -0.39 is 16.9 Å². The summed E-state index contributed by atoms with van der Waals surface area (Å²) >= 11 is 0. The minimum atomic E-state index is -1.31. The molecule has 3 heteroatoms. The maximum Gasteiger partial charge on any atom is 0.138 e. The van der Waals surface area contributed by atoms with Gasteiger partial charge >= 0.3 is 0 Å². The molecular weight excluding hydrogens is 252 g/mol. The molecule has 1 fully saturated rings. The smallest absolute Gasteiger partial charge is 0.138 e. The molecule has 0 radical (unpaired) electrons. The Morgan fingerprint density at radius 3 is 2.15 bits per heavy atom. The Morgan fingerprint density at radius 1 is 1.15 bits per heavy atom. The van der Waals surface area contributed by atoms with Gasteiger partial charge in [-0.15, -0.1) is 0 Å². The van der Waals surface area contributed by atoms with E-state index in [-0.39, 0.29) is 17.5 Å². The second-order valence-corrected chi connectivity index (χ2v) is 6.35. The van der Waals surface area contributed by atoms with Crippen molar-refractivity contribution in [3.63, 3.8) is 0 Å². The van der Waals surface area contributed by atoms with Gasteiger partial charge in [-0.05, 0) is 45.6 Å². The normalized spacial score (nSPS) is 36.9. The summed E-state index contributed by atoms with van der Waals surface area (Å²) < 4.78 is 0. The van der Waals surface area contributed by atoms with E-state index in [9.17, 15) is 14.7 Å². The van der Waals surface area contributed by atoms with Gasteiger partial charge in [-0.2, -0.15) is 0 Å². The SMILES string of the molecule is CC(=O)[C@@H]1[C@@H](c2ccccc2)C[C@@](C)(C(C)=O)[C@]1(C)O. The molecule has 4 atom stereocenters. The number of Topliss-reactive ketones (excluding diaryl/α,β-unsaturated/α-hetero) is 2. The van der Waals surface area contributed by atoms with E-state index in [0.29, 0.717) is 6.42 Å². The molecule has 1 saturated carbocycles. The number of benzene rings is 1. The lowest BCUT2D eigenvalue weighted by Gasteiger charge is -2.37. The van der Waals surface area contributed by atoms with Gasteiger partial charge in [0.1, 0.15) is 11.6 Å². The first-order chi connectivity index (χ1) is 9.22. The molecule has 1 aromatic carbocycles. The van der Waals surface area contributed by atoms with Gasteiger partial charge in [0.05, 0.1) is 16.9 Å². The van der Waals surface area contributed by atoms with Crippen molar-refractivity contribution in [2.24, 2.45) is 11.3 Å². The predicted molar refractivity (Wildman–Crippen MR) is 77.4 cm³/mol. The first-order valence-corrected chi connectivity index (χ1v) is 7.00. The Morgan fingerprint density at radius 2 is 1.70 bits per heavy atom. The summed E-state index contributed by atoms with van der Waals surface area (Å²) in [6.07, 6.45) is 0.504. The molecule has 0 heterocycles. The summed E-state index contributed by atoms with van der Waals surface area (Å²) in [5.74, 6) is -0.780. The van der Waals surface area contributed by atoms with Crippen LogP contribution in [0.1, 0.15) is 45.6 Å². The van der Waals surface area contributed by atoms with Gasteiger partial charge in [0, 0.05) is 0 Å². The van der Waals surface area contributed by atoms with Crippen LogP contribution >= 0.6 is 0 Å². The molecule has 0 spiro atoms. The zero-order valence-corrected chi connectivity index (χ0v) is 12.5. The summed E-state index contributed by atoms with van der Waals surface area (Å²) in [6.45, 7) is 6.40. The van der Waals surface area contributed by atoms with Crippen LogP contribution in [0.2, 0.25) is 0 Å². The maximum atomic E-state index is 12.1. The number of aliphatic hydroxyl groups is 1. The number of hydrogen-bond donors (Lipinski definition) is 1. The van der Waals surface area contributed by atoms with Crippen LogP contribution in [-0.4, -0.2) is 22.3 Å².